The molecule has 6 rings (SSSR count). The molecule has 0 N–H and O–H groups in total. The molecule has 2 heterocycles. The normalized spacial score (nSPS) is 11.6. The van der Waals surface area contributed by atoms with Gasteiger partial charge in [-0.05, 0) is 59.7 Å². The van der Waals surface area contributed by atoms with Crippen LogP contribution >= 0.6 is 0 Å². The summed E-state index contributed by atoms with van der Waals surface area (Å²) in [5, 5.41) is 4.35. The number of aryl methyl sites for hydroxylation is 2. The lowest BCUT2D eigenvalue weighted by atomic mass is 9.96. The van der Waals surface area contributed by atoms with Crippen molar-refractivity contribution in [2.75, 3.05) is 14.2 Å². The first-order valence-electron chi connectivity index (χ1n) is 12.4. The number of furan rings is 2. The maximum Gasteiger partial charge on any atom is 0.142 e. The van der Waals surface area contributed by atoms with Crippen molar-refractivity contribution in [2.45, 2.75) is 26.7 Å². The van der Waals surface area contributed by atoms with Gasteiger partial charge in [-0.1, -0.05) is 38.1 Å². The lowest BCUT2D eigenvalue weighted by Crippen LogP contribution is -1.85. The molecule has 0 aliphatic carbocycles. The van der Waals surface area contributed by atoms with Crippen molar-refractivity contribution in [1.82, 2.24) is 0 Å². The largest absolute Gasteiger partial charge is 0.497 e. The molecule has 0 saturated heterocycles. The standard InChI is InChI=1S/C32H28O4/c1-5-27-29(19-7-11-21(33-3)12-8-19)25-17-15-24-23(31(25)35-27)16-18-26-30(28(6-2)36-32(24)26)20-9-13-22(34-4)14-10-20/h7-18H,5-6H2,1-4H3. The first kappa shape index (κ1) is 22.3. The minimum absolute atomic E-state index is 0.808. The fourth-order valence-corrected chi connectivity index (χ4v) is 5.26. The van der Waals surface area contributed by atoms with Gasteiger partial charge in [0.25, 0.3) is 0 Å². The van der Waals surface area contributed by atoms with E-state index in [0.717, 1.165) is 90.8 Å². The van der Waals surface area contributed by atoms with Gasteiger partial charge in [0.05, 0.1) is 14.2 Å². The second-order valence-electron chi connectivity index (χ2n) is 8.94. The highest BCUT2D eigenvalue weighted by atomic mass is 16.5. The number of hydrogen-bond acceptors (Lipinski definition) is 4. The molecular formula is C32H28O4. The molecular weight excluding hydrogens is 448 g/mol. The van der Waals surface area contributed by atoms with Crippen molar-refractivity contribution in [1.29, 1.82) is 0 Å². The van der Waals surface area contributed by atoms with E-state index in [9.17, 15) is 0 Å². The summed E-state index contributed by atoms with van der Waals surface area (Å²) in [5.74, 6) is 3.65. The first-order valence-corrected chi connectivity index (χ1v) is 12.4. The average molecular weight is 477 g/mol. The molecule has 0 spiro atoms. The van der Waals surface area contributed by atoms with Crippen LogP contribution in [0, 0.1) is 0 Å². The molecule has 0 unspecified atom stereocenters. The summed E-state index contributed by atoms with van der Waals surface area (Å²) in [6.45, 7) is 4.26. The third-order valence-corrected chi connectivity index (χ3v) is 7.05. The van der Waals surface area contributed by atoms with Crippen LogP contribution in [0.2, 0.25) is 0 Å². The van der Waals surface area contributed by atoms with Crippen molar-refractivity contribution in [3.05, 3.63) is 84.3 Å². The number of fused-ring (bicyclic) bond motifs is 5. The Morgan fingerprint density at radius 3 is 1.19 bits per heavy atom. The summed E-state index contributed by atoms with van der Waals surface area (Å²) >= 11 is 0. The van der Waals surface area contributed by atoms with Gasteiger partial charge in [-0.25, -0.2) is 0 Å². The number of methoxy groups -OCH3 is 2. The predicted molar refractivity (Wildman–Crippen MR) is 146 cm³/mol. The quantitative estimate of drug-likeness (QED) is 0.241. The van der Waals surface area contributed by atoms with E-state index in [4.69, 9.17) is 18.3 Å². The van der Waals surface area contributed by atoms with Crippen molar-refractivity contribution in [3.8, 4) is 33.8 Å². The lowest BCUT2D eigenvalue weighted by Gasteiger charge is -2.05. The maximum atomic E-state index is 6.51. The highest BCUT2D eigenvalue weighted by Gasteiger charge is 2.21. The van der Waals surface area contributed by atoms with Crippen molar-refractivity contribution in [3.63, 3.8) is 0 Å². The third-order valence-electron chi connectivity index (χ3n) is 7.05. The van der Waals surface area contributed by atoms with E-state index in [2.05, 4.69) is 62.4 Å². The van der Waals surface area contributed by atoms with Gasteiger partial charge >= 0.3 is 0 Å². The van der Waals surface area contributed by atoms with Crippen molar-refractivity contribution in [2.24, 2.45) is 0 Å². The van der Waals surface area contributed by atoms with Crippen LogP contribution in [0.15, 0.2) is 81.6 Å². The second-order valence-corrected chi connectivity index (χ2v) is 8.94. The summed E-state index contributed by atoms with van der Waals surface area (Å²) in [7, 11) is 3.37. The molecule has 4 aromatic carbocycles. The Balaban J connectivity index is 1.58. The Morgan fingerprint density at radius 2 is 0.861 bits per heavy atom. The average Bonchev–Trinajstić information content (AvgIpc) is 3.51. The fraction of sp³-hybridized carbons (Fsp3) is 0.188. The van der Waals surface area contributed by atoms with E-state index in [1.807, 2.05) is 24.3 Å². The van der Waals surface area contributed by atoms with E-state index >= 15 is 0 Å². The molecule has 36 heavy (non-hydrogen) atoms. The molecule has 0 aliphatic rings. The summed E-state index contributed by atoms with van der Waals surface area (Å²) in [5.41, 5.74) is 6.34. The van der Waals surface area contributed by atoms with Crippen LogP contribution in [0.4, 0.5) is 0 Å². The summed E-state index contributed by atoms with van der Waals surface area (Å²) < 4.78 is 23.7. The maximum absolute atomic E-state index is 6.51. The molecule has 0 bridgehead atoms. The zero-order valence-corrected chi connectivity index (χ0v) is 21.0. The summed E-state index contributed by atoms with van der Waals surface area (Å²) in [4.78, 5) is 0. The van der Waals surface area contributed by atoms with E-state index < -0.39 is 0 Å². The molecule has 2 aromatic heterocycles. The van der Waals surface area contributed by atoms with Crippen LogP contribution in [0.25, 0.3) is 55.0 Å². The Bertz CT molecular complexity index is 1570. The minimum atomic E-state index is 0.808. The zero-order chi connectivity index (χ0) is 24.8. The second kappa shape index (κ2) is 8.80. The number of hydrogen-bond donors (Lipinski definition) is 0. The monoisotopic (exact) mass is 476 g/mol. The topological polar surface area (TPSA) is 44.7 Å². The Labute approximate surface area is 210 Å². The molecule has 0 fully saturated rings. The van der Waals surface area contributed by atoms with Crippen LogP contribution < -0.4 is 9.47 Å². The van der Waals surface area contributed by atoms with Crippen molar-refractivity contribution >= 4 is 32.7 Å². The van der Waals surface area contributed by atoms with Gasteiger partial charge in [0.15, 0.2) is 0 Å². The van der Waals surface area contributed by atoms with Gasteiger partial charge in [0.2, 0.25) is 0 Å². The van der Waals surface area contributed by atoms with E-state index in [0.29, 0.717) is 0 Å². The molecule has 0 amide bonds. The molecule has 4 nitrogen and oxygen atoms in total. The number of ether oxygens (including phenoxy) is 2. The van der Waals surface area contributed by atoms with Crippen LogP contribution in [0.5, 0.6) is 11.5 Å². The molecule has 0 atom stereocenters. The minimum Gasteiger partial charge on any atom is -0.497 e. The van der Waals surface area contributed by atoms with Gasteiger partial charge in [-0.3, -0.25) is 0 Å². The van der Waals surface area contributed by atoms with Gasteiger partial charge in [-0.15, -0.1) is 0 Å². The summed E-state index contributed by atoms with van der Waals surface area (Å²) in [6, 6.07) is 25.0. The number of rotatable bonds is 6. The molecule has 4 heteroatoms. The lowest BCUT2D eigenvalue weighted by molar-refractivity contribution is 0.415. The summed E-state index contributed by atoms with van der Waals surface area (Å²) in [6.07, 6.45) is 1.62. The van der Waals surface area contributed by atoms with E-state index in [1.165, 1.54) is 0 Å². The Hall–Kier alpha value is -4.18. The fourth-order valence-electron chi connectivity index (χ4n) is 5.26. The smallest absolute Gasteiger partial charge is 0.142 e. The van der Waals surface area contributed by atoms with Crippen LogP contribution in [0.3, 0.4) is 0 Å². The van der Waals surface area contributed by atoms with Gasteiger partial charge < -0.3 is 18.3 Å². The van der Waals surface area contributed by atoms with Crippen molar-refractivity contribution < 1.29 is 18.3 Å². The Kier molecular flexibility index (Phi) is 5.45. The van der Waals surface area contributed by atoms with Crippen LogP contribution in [-0.4, -0.2) is 14.2 Å². The van der Waals surface area contributed by atoms with E-state index in [1.54, 1.807) is 14.2 Å². The van der Waals surface area contributed by atoms with Crippen LogP contribution in [0.1, 0.15) is 25.4 Å². The molecule has 0 radical (unpaired) electrons. The molecule has 180 valence electrons. The molecule has 0 saturated carbocycles. The molecule has 6 aromatic rings. The predicted octanol–water partition coefficient (Wildman–Crippen LogP) is 8.81. The van der Waals surface area contributed by atoms with E-state index in [-0.39, 0.29) is 0 Å². The molecule has 0 aliphatic heterocycles. The third kappa shape index (κ3) is 3.36. The van der Waals surface area contributed by atoms with Gasteiger partial charge in [0.1, 0.15) is 34.2 Å². The SMILES string of the molecule is CCc1oc2c(ccc3c2ccc2c(-c4ccc(OC)cc4)c(CC)oc23)c1-c1ccc(OC)cc1. The highest BCUT2D eigenvalue weighted by molar-refractivity contribution is 6.18. The Morgan fingerprint density at radius 1 is 0.500 bits per heavy atom. The van der Waals surface area contributed by atoms with Gasteiger partial charge in [0, 0.05) is 45.5 Å². The zero-order valence-electron chi connectivity index (χ0n) is 21.0. The van der Waals surface area contributed by atoms with Crippen LogP contribution in [-0.2, 0) is 12.8 Å². The highest BCUT2D eigenvalue weighted by Crippen LogP contribution is 2.44. The van der Waals surface area contributed by atoms with Gasteiger partial charge in [-0.2, -0.15) is 0 Å². The number of benzene rings is 4. The first-order chi connectivity index (χ1) is 17.7.